The van der Waals surface area contributed by atoms with E-state index in [2.05, 4.69) is 20.9 Å². The van der Waals surface area contributed by atoms with E-state index in [1.807, 2.05) is 0 Å². The number of nitrogens with one attached hydrogen (secondary N) is 3. The molecule has 0 bridgehead atoms. The minimum atomic E-state index is -1.48. The summed E-state index contributed by atoms with van der Waals surface area (Å²) in [5, 5.41) is 25.2. The summed E-state index contributed by atoms with van der Waals surface area (Å²) < 4.78 is 0. The van der Waals surface area contributed by atoms with E-state index < -0.39 is 66.3 Å². The number of nitrogens with two attached hydrogens (primary N) is 5. The number of carbonyl (C=O) groups is 6. The van der Waals surface area contributed by atoms with Crippen LogP contribution in [0.1, 0.15) is 38.5 Å². The molecule has 0 fully saturated rings. The van der Waals surface area contributed by atoms with Crippen LogP contribution in [0.4, 0.5) is 0 Å². The highest BCUT2D eigenvalue weighted by molar-refractivity contribution is 5.94. The van der Waals surface area contributed by atoms with E-state index in [1.54, 1.807) is 0 Å². The lowest BCUT2D eigenvalue weighted by Crippen LogP contribution is -2.57. The Morgan fingerprint density at radius 3 is 1.61 bits per heavy atom. The minimum Gasteiger partial charge on any atom is -0.480 e. The Morgan fingerprint density at radius 1 is 0.722 bits per heavy atom. The molecule has 0 radical (unpaired) electrons. The standard InChI is InChI=1S/C19H35N9O8/c20-9(8-29)15(32)26-11(3-5-13(21)30)17(34)27-10(2-1-7-25-19(23)24)16(33)28-12(18(35)36)4-6-14(22)31/h9-12,29H,1-8,20H2,(H2,21,30)(H2,22,31)(H,26,32)(H,27,34)(H,28,33)(H,35,36)(H4,23,24,25). The number of carboxylic acids is 1. The summed E-state index contributed by atoms with van der Waals surface area (Å²) in [6.07, 6.45) is -1.02. The average molecular weight is 518 g/mol. The number of rotatable bonds is 18. The van der Waals surface area contributed by atoms with Crippen molar-refractivity contribution in [3.63, 3.8) is 0 Å². The van der Waals surface area contributed by atoms with Crippen LogP contribution in [-0.4, -0.2) is 89.0 Å². The van der Waals surface area contributed by atoms with E-state index >= 15 is 0 Å². The highest BCUT2D eigenvalue weighted by Crippen LogP contribution is 2.05. The molecular formula is C19H35N9O8. The molecule has 0 saturated carbocycles. The second-order valence-electron chi connectivity index (χ2n) is 7.77. The lowest BCUT2D eigenvalue weighted by Gasteiger charge is -2.25. The van der Waals surface area contributed by atoms with Crippen LogP contribution in [0.2, 0.25) is 0 Å². The number of aliphatic hydroxyl groups excluding tert-OH is 1. The Morgan fingerprint density at radius 2 is 1.17 bits per heavy atom. The number of carboxylic acid groups (broad SMARTS) is 1. The van der Waals surface area contributed by atoms with E-state index in [4.69, 9.17) is 33.8 Å². The molecule has 0 aromatic rings. The summed E-state index contributed by atoms with van der Waals surface area (Å²) in [5.74, 6) is -5.87. The van der Waals surface area contributed by atoms with Gasteiger partial charge in [-0.25, -0.2) is 4.79 Å². The normalized spacial score (nSPS) is 13.8. The van der Waals surface area contributed by atoms with Crippen molar-refractivity contribution in [2.75, 3.05) is 13.2 Å². The maximum Gasteiger partial charge on any atom is 0.326 e. The summed E-state index contributed by atoms with van der Waals surface area (Å²) in [5.41, 5.74) is 26.1. The number of carbonyl (C=O) groups excluding carboxylic acids is 5. The Bertz CT molecular complexity index is 832. The van der Waals surface area contributed by atoms with Crippen molar-refractivity contribution in [3.05, 3.63) is 0 Å². The van der Waals surface area contributed by atoms with Crippen molar-refractivity contribution in [2.24, 2.45) is 33.7 Å². The van der Waals surface area contributed by atoms with Gasteiger partial charge < -0.3 is 54.8 Å². The number of hydrogen-bond donors (Lipinski definition) is 10. The van der Waals surface area contributed by atoms with Gasteiger partial charge in [0.2, 0.25) is 29.5 Å². The van der Waals surface area contributed by atoms with Crippen LogP contribution >= 0.6 is 0 Å². The van der Waals surface area contributed by atoms with Crippen LogP contribution in [0.5, 0.6) is 0 Å². The number of aliphatic imine (C=N–C) groups is 1. The smallest absolute Gasteiger partial charge is 0.326 e. The molecule has 17 heteroatoms. The molecule has 0 heterocycles. The fourth-order valence-corrected chi connectivity index (χ4v) is 2.78. The first-order valence-electron chi connectivity index (χ1n) is 10.9. The van der Waals surface area contributed by atoms with Gasteiger partial charge in [-0.2, -0.15) is 0 Å². The number of aliphatic carboxylic acids is 1. The van der Waals surface area contributed by atoms with Crippen LogP contribution in [0, 0.1) is 0 Å². The molecule has 15 N–H and O–H groups in total. The molecule has 204 valence electrons. The summed E-state index contributed by atoms with van der Waals surface area (Å²) >= 11 is 0. The third kappa shape index (κ3) is 13.7. The first-order chi connectivity index (χ1) is 16.8. The fourth-order valence-electron chi connectivity index (χ4n) is 2.78. The Kier molecular flexibility index (Phi) is 14.8. The Hall–Kier alpha value is -3.99. The van der Waals surface area contributed by atoms with E-state index in [0.29, 0.717) is 0 Å². The largest absolute Gasteiger partial charge is 0.480 e. The van der Waals surface area contributed by atoms with Crippen LogP contribution in [0.3, 0.4) is 0 Å². The number of amides is 5. The lowest BCUT2D eigenvalue weighted by molar-refractivity contribution is -0.142. The SMILES string of the molecule is NC(=O)CCC(NC(=O)C(CCCN=C(N)N)NC(=O)C(CCC(N)=O)NC(=O)C(N)CO)C(=O)O. The number of hydrogen-bond acceptors (Lipinski definition) is 9. The van der Waals surface area contributed by atoms with Crippen molar-refractivity contribution in [1.82, 2.24) is 16.0 Å². The first-order valence-corrected chi connectivity index (χ1v) is 10.9. The van der Waals surface area contributed by atoms with Crippen molar-refractivity contribution < 1.29 is 39.0 Å². The van der Waals surface area contributed by atoms with E-state index in [0.717, 1.165) is 0 Å². The van der Waals surface area contributed by atoms with Crippen LogP contribution in [-0.2, 0) is 28.8 Å². The molecule has 36 heavy (non-hydrogen) atoms. The van der Waals surface area contributed by atoms with Gasteiger partial charge in [-0.15, -0.1) is 0 Å². The van der Waals surface area contributed by atoms with Gasteiger partial charge in [0.05, 0.1) is 6.61 Å². The zero-order valence-electron chi connectivity index (χ0n) is 19.6. The highest BCUT2D eigenvalue weighted by atomic mass is 16.4. The summed E-state index contributed by atoms with van der Waals surface area (Å²) in [4.78, 5) is 75.2. The van der Waals surface area contributed by atoms with Crippen molar-refractivity contribution in [1.29, 1.82) is 0 Å². The molecule has 0 aliphatic heterocycles. The zero-order valence-corrected chi connectivity index (χ0v) is 19.6. The van der Waals surface area contributed by atoms with Gasteiger partial charge in [0.15, 0.2) is 5.96 Å². The molecule has 0 saturated heterocycles. The molecular weight excluding hydrogens is 482 g/mol. The van der Waals surface area contributed by atoms with E-state index in [-0.39, 0.29) is 51.0 Å². The van der Waals surface area contributed by atoms with Gasteiger partial charge in [-0.05, 0) is 25.7 Å². The second-order valence-corrected chi connectivity index (χ2v) is 7.77. The molecule has 17 nitrogen and oxygen atoms in total. The van der Waals surface area contributed by atoms with Crippen LogP contribution < -0.4 is 44.6 Å². The molecule has 5 amide bonds. The van der Waals surface area contributed by atoms with Gasteiger partial charge in [-0.3, -0.25) is 29.0 Å². The maximum atomic E-state index is 12.9. The van der Waals surface area contributed by atoms with Gasteiger partial charge >= 0.3 is 5.97 Å². The van der Waals surface area contributed by atoms with Crippen molar-refractivity contribution >= 4 is 41.5 Å². The van der Waals surface area contributed by atoms with Gasteiger partial charge in [0, 0.05) is 19.4 Å². The van der Waals surface area contributed by atoms with Gasteiger partial charge in [0.25, 0.3) is 0 Å². The monoisotopic (exact) mass is 517 g/mol. The topological polar surface area (TPSA) is 321 Å². The molecule has 0 aromatic heterocycles. The van der Waals surface area contributed by atoms with E-state index in [9.17, 15) is 33.9 Å². The third-order valence-electron chi connectivity index (χ3n) is 4.72. The number of primary amides is 2. The molecule has 0 rings (SSSR count). The Balaban J connectivity index is 5.66. The van der Waals surface area contributed by atoms with Crippen molar-refractivity contribution in [3.8, 4) is 0 Å². The fraction of sp³-hybridized carbons (Fsp3) is 0.632. The maximum absolute atomic E-state index is 12.9. The van der Waals surface area contributed by atoms with Crippen molar-refractivity contribution in [2.45, 2.75) is 62.7 Å². The second kappa shape index (κ2) is 16.6. The average Bonchev–Trinajstić information content (AvgIpc) is 2.79. The predicted molar refractivity (Wildman–Crippen MR) is 125 cm³/mol. The lowest BCUT2D eigenvalue weighted by atomic mass is 10.1. The van der Waals surface area contributed by atoms with Crippen LogP contribution in [0.25, 0.3) is 0 Å². The molecule has 0 aromatic carbocycles. The zero-order chi connectivity index (χ0) is 27.8. The first kappa shape index (κ1) is 32.0. The molecule has 0 aliphatic carbocycles. The summed E-state index contributed by atoms with van der Waals surface area (Å²) in [7, 11) is 0. The summed E-state index contributed by atoms with van der Waals surface area (Å²) in [6, 6.07) is -5.51. The highest BCUT2D eigenvalue weighted by Gasteiger charge is 2.30. The van der Waals surface area contributed by atoms with Crippen LogP contribution in [0.15, 0.2) is 4.99 Å². The molecule has 0 aliphatic rings. The number of aliphatic hydroxyl groups is 1. The Labute approximate surface area is 206 Å². The molecule has 4 atom stereocenters. The molecule has 0 spiro atoms. The summed E-state index contributed by atoms with van der Waals surface area (Å²) in [6.45, 7) is -0.632. The third-order valence-corrected chi connectivity index (χ3v) is 4.72. The molecule has 4 unspecified atom stereocenters. The quantitative estimate of drug-likeness (QED) is 0.0464. The predicted octanol–water partition coefficient (Wildman–Crippen LogP) is -5.57. The van der Waals surface area contributed by atoms with E-state index in [1.165, 1.54) is 0 Å². The van der Waals surface area contributed by atoms with Gasteiger partial charge in [-0.1, -0.05) is 0 Å². The minimum absolute atomic E-state index is 0.0524. The number of nitrogens with zero attached hydrogens (tertiary/aromatic N) is 1. The van der Waals surface area contributed by atoms with Gasteiger partial charge in [0.1, 0.15) is 24.2 Å². The number of guanidine groups is 1.